The molecule has 2 aliphatic heterocycles. The Kier molecular flexibility index (Phi) is 5.20. The fraction of sp³-hybridized carbons (Fsp3) is 0.500. The molecule has 6 heteroatoms. The maximum absolute atomic E-state index is 13.3. The number of aryl methyl sites for hydroxylation is 2. The zero-order valence-corrected chi connectivity index (χ0v) is 16.6. The zero-order valence-electron chi connectivity index (χ0n) is 16.6. The highest BCUT2D eigenvalue weighted by atomic mass is 16.2. The van der Waals surface area contributed by atoms with Crippen LogP contribution < -0.4 is 10.6 Å². The highest BCUT2D eigenvalue weighted by Crippen LogP contribution is 2.41. The van der Waals surface area contributed by atoms with Gasteiger partial charge in [-0.15, -0.1) is 0 Å². The van der Waals surface area contributed by atoms with Crippen LogP contribution >= 0.6 is 0 Å². The number of aromatic nitrogens is 2. The molecule has 0 saturated carbocycles. The molecule has 0 radical (unpaired) electrons. The molecule has 1 spiro atoms. The van der Waals surface area contributed by atoms with E-state index >= 15 is 0 Å². The number of carbonyl (C=O) groups is 1. The van der Waals surface area contributed by atoms with E-state index in [9.17, 15) is 4.79 Å². The Hall–Kier alpha value is -2.63. The molecule has 1 atom stereocenters. The SMILES string of the molecule is Cc1cc(N2CCC3(CCCN(CCCc4ccccc4)C3=O)C2)nc(N)n1. The van der Waals surface area contributed by atoms with Crippen molar-refractivity contribution in [3.8, 4) is 0 Å². The van der Waals surface area contributed by atoms with Gasteiger partial charge in [-0.3, -0.25) is 4.79 Å². The van der Waals surface area contributed by atoms with Gasteiger partial charge in [0.15, 0.2) is 0 Å². The quantitative estimate of drug-likeness (QED) is 0.865. The van der Waals surface area contributed by atoms with Crippen molar-refractivity contribution in [1.82, 2.24) is 14.9 Å². The first-order valence-electron chi connectivity index (χ1n) is 10.3. The molecule has 0 aliphatic carbocycles. The lowest BCUT2D eigenvalue weighted by molar-refractivity contribution is -0.145. The predicted octanol–water partition coefficient (Wildman–Crippen LogP) is 2.82. The van der Waals surface area contributed by atoms with Crippen molar-refractivity contribution in [1.29, 1.82) is 0 Å². The normalized spacial score (nSPS) is 22.2. The van der Waals surface area contributed by atoms with Crippen molar-refractivity contribution in [3.63, 3.8) is 0 Å². The highest BCUT2D eigenvalue weighted by Gasteiger charge is 2.48. The fourth-order valence-electron chi connectivity index (χ4n) is 4.67. The van der Waals surface area contributed by atoms with Gasteiger partial charge < -0.3 is 15.5 Å². The van der Waals surface area contributed by atoms with Crippen LogP contribution in [0.25, 0.3) is 0 Å². The fourth-order valence-corrected chi connectivity index (χ4v) is 4.67. The third-order valence-electron chi connectivity index (χ3n) is 6.10. The van der Waals surface area contributed by atoms with Crippen LogP contribution in [0.3, 0.4) is 0 Å². The number of anilines is 2. The highest BCUT2D eigenvalue weighted by molar-refractivity contribution is 5.85. The number of likely N-dealkylation sites (tertiary alicyclic amines) is 1. The number of hydrogen-bond acceptors (Lipinski definition) is 5. The molecule has 2 saturated heterocycles. The molecule has 2 N–H and O–H groups in total. The minimum absolute atomic E-state index is 0.265. The van der Waals surface area contributed by atoms with Gasteiger partial charge in [-0.1, -0.05) is 30.3 Å². The summed E-state index contributed by atoms with van der Waals surface area (Å²) in [4.78, 5) is 26.2. The molecule has 148 valence electrons. The van der Waals surface area contributed by atoms with Crippen molar-refractivity contribution in [2.45, 2.75) is 39.0 Å². The molecule has 4 rings (SSSR count). The first-order valence-corrected chi connectivity index (χ1v) is 10.3. The maximum atomic E-state index is 13.3. The lowest BCUT2D eigenvalue weighted by Gasteiger charge is -2.39. The summed E-state index contributed by atoms with van der Waals surface area (Å²) in [7, 11) is 0. The molecular weight excluding hydrogens is 350 g/mol. The summed E-state index contributed by atoms with van der Waals surface area (Å²) in [6.45, 7) is 5.23. The molecule has 1 amide bonds. The van der Waals surface area contributed by atoms with Gasteiger partial charge in [-0.2, -0.15) is 4.98 Å². The molecular formula is C22H29N5O. The number of benzene rings is 1. The van der Waals surface area contributed by atoms with Crippen LogP contribution in [-0.4, -0.2) is 47.0 Å². The van der Waals surface area contributed by atoms with Gasteiger partial charge in [0, 0.05) is 37.9 Å². The van der Waals surface area contributed by atoms with E-state index in [0.717, 1.165) is 69.8 Å². The Morgan fingerprint density at radius 2 is 1.96 bits per heavy atom. The van der Waals surface area contributed by atoms with Crippen molar-refractivity contribution in [3.05, 3.63) is 47.7 Å². The minimum Gasteiger partial charge on any atom is -0.368 e. The van der Waals surface area contributed by atoms with Crippen molar-refractivity contribution >= 4 is 17.7 Å². The Morgan fingerprint density at radius 1 is 1.14 bits per heavy atom. The molecule has 28 heavy (non-hydrogen) atoms. The van der Waals surface area contributed by atoms with Gasteiger partial charge in [0.2, 0.25) is 11.9 Å². The Balaban J connectivity index is 1.40. The number of piperidine rings is 1. The molecule has 1 aromatic carbocycles. The van der Waals surface area contributed by atoms with Crippen LogP contribution in [0.15, 0.2) is 36.4 Å². The third kappa shape index (κ3) is 3.81. The zero-order chi connectivity index (χ0) is 19.6. The monoisotopic (exact) mass is 379 g/mol. The van der Waals surface area contributed by atoms with E-state index in [0.29, 0.717) is 11.9 Å². The summed E-state index contributed by atoms with van der Waals surface area (Å²) in [6, 6.07) is 12.5. The van der Waals surface area contributed by atoms with E-state index < -0.39 is 0 Å². The first kappa shape index (κ1) is 18.7. The number of hydrogen-bond donors (Lipinski definition) is 1. The number of nitrogen functional groups attached to an aromatic ring is 1. The Morgan fingerprint density at radius 3 is 2.75 bits per heavy atom. The molecule has 1 aromatic heterocycles. The Bertz CT molecular complexity index is 820. The van der Waals surface area contributed by atoms with Crippen molar-refractivity contribution in [2.75, 3.05) is 36.8 Å². The van der Waals surface area contributed by atoms with Gasteiger partial charge in [0.25, 0.3) is 0 Å². The van der Waals surface area contributed by atoms with Crippen LogP contribution in [0.2, 0.25) is 0 Å². The molecule has 6 nitrogen and oxygen atoms in total. The molecule has 2 aliphatic rings. The van der Waals surface area contributed by atoms with Crippen LogP contribution in [0.5, 0.6) is 0 Å². The standard InChI is InChI=1S/C22H29N5O/c1-17-15-19(25-21(23)24-17)27-14-11-22(16-27)10-6-13-26(20(22)28)12-5-9-18-7-3-2-4-8-18/h2-4,7-8,15H,5-6,9-14,16H2,1H3,(H2,23,24,25). The molecule has 3 heterocycles. The van der Waals surface area contributed by atoms with E-state index in [4.69, 9.17) is 5.73 Å². The summed E-state index contributed by atoms with van der Waals surface area (Å²) in [6.07, 6.45) is 4.97. The largest absolute Gasteiger partial charge is 0.368 e. The third-order valence-corrected chi connectivity index (χ3v) is 6.10. The second-order valence-electron chi connectivity index (χ2n) is 8.16. The van der Waals surface area contributed by atoms with Gasteiger partial charge in [0.1, 0.15) is 5.82 Å². The number of rotatable bonds is 5. The summed E-state index contributed by atoms with van der Waals surface area (Å²) in [5, 5.41) is 0. The van der Waals surface area contributed by atoms with Gasteiger partial charge >= 0.3 is 0 Å². The summed E-state index contributed by atoms with van der Waals surface area (Å²) >= 11 is 0. The number of carbonyl (C=O) groups excluding carboxylic acids is 1. The van der Waals surface area contributed by atoms with Gasteiger partial charge in [-0.25, -0.2) is 4.98 Å². The minimum atomic E-state index is -0.265. The van der Waals surface area contributed by atoms with Crippen LogP contribution in [0.4, 0.5) is 11.8 Å². The first-order chi connectivity index (χ1) is 13.6. The summed E-state index contributed by atoms with van der Waals surface area (Å²) in [5.41, 5.74) is 7.76. The summed E-state index contributed by atoms with van der Waals surface area (Å²) in [5.74, 6) is 1.47. The average Bonchev–Trinajstić information content (AvgIpc) is 3.11. The topological polar surface area (TPSA) is 75.3 Å². The van der Waals surface area contributed by atoms with Gasteiger partial charge in [0.05, 0.1) is 5.41 Å². The molecule has 0 bridgehead atoms. The van der Waals surface area contributed by atoms with E-state index in [1.54, 1.807) is 0 Å². The lowest BCUT2D eigenvalue weighted by Crippen LogP contribution is -2.50. The van der Waals surface area contributed by atoms with Gasteiger partial charge in [-0.05, 0) is 44.6 Å². The van der Waals surface area contributed by atoms with E-state index in [1.165, 1.54) is 5.56 Å². The summed E-state index contributed by atoms with van der Waals surface area (Å²) < 4.78 is 0. The van der Waals surface area contributed by atoms with Crippen molar-refractivity contribution < 1.29 is 4.79 Å². The van der Waals surface area contributed by atoms with E-state index in [1.807, 2.05) is 19.1 Å². The van der Waals surface area contributed by atoms with Crippen LogP contribution in [-0.2, 0) is 11.2 Å². The van der Waals surface area contributed by atoms with E-state index in [2.05, 4.69) is 44.0 Å². The lowest BCUT2D eigenvalue weighted by atomic mass is 9.78. The molecule has 2 fully saturated rings. The predicted molar refractivity (Wildman–Crippen MR) is 111 cm³/mol. The average molecular weight is 380 g/mol. The second kappa shape index (κ2) is 7.78. The Labute approximate surface area is 166 Å². The molecule has 1 unspecified atom stereocenters. The van der Waals surface area contributed by atoms with Crippen molar-refractivity contribution in [2.24, 2.45) is 5.41 Å². The smallest absolute Gasteiger partial charge is 0.230 e. The number of amides is 1. The van der Waals surface area contributed by atoms with Crippen LogP contribution in [0.1, 0.15) is 36.9 Å². The molecule has 2 aromatic rings. The number of nitrogens with zero attached hydrogens (tertiary/aromatic N) is 4. The second-order valence-corrected chi connectivity index (χ2v) is 8.16. The van der Waals surface area contributed by atoms with E-state index in [-0.39, 0.29) is 5.41 Å². The van der Waals surface area contributed by atoms with Crippen LogP contribution in [0, 0.1) is 12.3 Å². The maximum Gasteiger partial charge on any atom is 0.230 e. The number of nitrogens with two attached hydrogens (primary N) is 1.